The van der Waals surface area contributed by atoms with Crippen molar-refractivity contribution in [2.24, 2.45) is 0 Å². The molecular formula is C26H24N4O4S2. The van der Waals surface area contributed by atoms with E-state index in [1.54, 1.807) is 11.0 Å². The number of para-hydroxylation sites is 1. The van der Waals surface area contributed by atoms with Crippen LogP contribution in [0.3, 0.4) is 0 Å². The molecule has 2 fully saturated rings. The van der Waals surface area contributed by atoms with Gasteiger partial charge in [0, 0.05) is 30.5 Å². The van der Waals surface area contributed by atoms with Gasteiger partial charge in [0.05, 0.1) is 34.4 Å². The van der Waals surface area contributed by atoms with E-state index in [0.29, 0.717) is 46.9 Å². The molecule has 0 saturated carbocycles. The molecule has 10 heteroatoms. The first kappa shape index (κ1) is 24.2. The zero-order valence-electron chi connectivity index (χ0n) is 19.8. The van der Waals surface area contributed by atoms with Crippen LogP contribution in [-0.2, 0) is 9.53 Å². The Balaban J connectivity index is 1.49. The molecular weight excluding hydrogens is 496 g/mol. The summed E-state index contributed by atoms with van der Waals surface area (Å²) in [5, 5.41) is 11.9. The first-order chi connectivity index (χ1) is 17.3. The number of hydrogen-bond donors (Lipinski definition) is 0. The quantitative estimate of drug-likeness (QED) is 0.197. The van der Waals surface area contributed by atoms with E-state index < -0.39 is 0 Å². The second kappa shape index (κ2) is 9.88. The van der Waals surface area contributed by atoms with Crippen molar-refractivity contribution in [1.82, 2.24) is 4.57 Å². The molecule has 0 bridgehead atoms. The zero-order chi connectivity index (χ0) is 25.4. The third-order valence-electron chi connectivity index (χ3n) is 6.33. The molecule has 0 unspecified atom stereocenters. The van der Waals surface area contributed by atoms with Gasteiger partial charge in [-0.1, -0.05) is 42.2 Å². The van der Waals surface area contributed by atoms with Crippen LogP contribution >= 0.6 is 24.0 Å². The number of rotatable bonds is 5. The normalized spacial score (nSPS) is 17.3. The molecule has 0 radical (unpaired) electrons. The molecule has 3 heterocycles. The Morgan fingerprint density at radius 1 is 1.06 bits per heavy atom. The maximum absolute atomic E-state index is 13.2. The number of nitro benzene ring substituents is 1. The summed E-state index contributed by atoms with van der Waals surface area (Å²) in [6.45, 7) is 6.23. The average Bonchev–Trinajstić information content (AvgIpc) is 3.32. The van der Waals surface area contributed by atoms with Crippen LogP contribution in [0.25, 0.3) is 11.8 Å². The number of amides is 1. The van der Waals surface area contributed by atoms with Gasteiger partial charge in [-0.3, -0.25) is 19.8 Å². The molecule has 0 atom stereocenters. The molecule has 0 spiro atoms. The Labute approximate surface area is 218 Å². The summed E-state index contributed by atoms with van der Waals surface area (Å²) >= 11 is 6.75. The van der Waals surface area contributed by atoms with Crippen molar-refractivity contribution in [3.8, 4) is 5.69 Å². The summed E-state index contributed by atoms with van der Waals surface area (Å²) in [7, 11) is 0. The largest absolute Gasteiger partial charge is 0.378 e. The number of anilines is 2. The predicted octanol–water partition coefficient (Wildman–Crippen LogP) is 5.24. The molecule has 2 saturated heterocycles. The van der Waals surface area contributed by atoms with Gasteiger partial charge in [-0.05, 0) is 55.8 Å². The molecule has 0 N–H and O–H groups in total. The number of benzene rings is 2. The zero-order valence-corrected chi connectivity index (χ0v) is 21.5. The third-order valence-corrected chi connectivity index (χ3v) is 7.63. The van der Waals surface area contributed by atoms with E-state index in [1.165, 1.54) is 11.8 Å². The van der Waals surface area contributed by atoms with Crippen molar-refractivity contribution in [3.63, 3.8) is 0 Å². The number of nitrogens with zero attached hydrogens (tertiary/aromatic N) is 4. The molecule has 3 aromatic rings. The highest BCUT2D eigenvalue weighted by molar-refractivity contribution is 8.27. The lowest BCUT2D eigenvalue weighted by molar-refractivity contribution is -0.384. The minimum atomic E-state index is -0.335. The van der Waals surface area contributed by atoms with Crippen LogP contribution in [0.2, 0.25) is 0 Å². The van der Waals surface area contributed by atoms with E-state index in [-0.39, 0.29) is 16.5 Å². The van der Waals surface area contributed by atoms with Gasteiger partial charge in [-0.15, -0.1) is 0 Å². The van der Waals surface area contributed by atoms with Gasteiger partial charge in [-0.2, -0.15) is 0 Å². The number of thiocarbonyl (C=S) groups is 1. The van der Waals surface area contributed by atoms with Gasteiger partial charge < -0.3 is 14.2 Å². The highest BCUT2D eigenvalue weighted by atomic mass is 32.2. The molecule has 2 aliphatic rings. The first-order valence-corrected chi connectivity index (χ1v) is 12.7. The number of thioether (sulfide) groups is 1. The summed E-state index contributed by atoms with van der Waals surface area (Å²) < 4.78 is 7.85. The van der Waals surface area contributed by atoms with Gasteiger partial charge in [0.1, 0.15) is 5.69 Å². The first-order valence-electron chi connectivity index (χ1n) is 11.5. The standard InChI is InChI=1S/C26H24N4O4S2/c1-17-14-19(15-24-25(31)29(26(35)36-24)20-6-4-3-5-7-20)18(2)28(17)21-8-9-22(23(16-21)30(32)33)27-10-12-34-13-11-27/h3-9,14-16H,10-13H2,1-2H3/b24-15-. The average molecular weight is 521 g/mol. The molecule has 184 valence electrons. The maximum Gasteiger partial charge on any atom is 0.294 e. The highest BCUT2D eigenvalue weighted by Crippen LogP contribution is 2.37. The molecule has 8 nitrogen and oxygen atoms in total. The Kier molecular flexibility index (Phi) is 6.65. The molecule has 2 aromatic carbocycles. The molecule has 36 heavy (non-hydrogen) atoms. The third kappa shape index (κ3) is 4.43. The lowest BCUT2D eigenvalue weighted by Gasteiger charge is -2.28. The van der Waals surface area contributed by atoms with Gasteiger partial charge in [0.15, 0.2) is 4.32 Å². The number of hydrogen-bond acceptors (Lipinski definition) is 7. The number of carbonyl (C=O) groups excluding carboxylic acids is 1. The van der Waals surface area contributed by atoms with E-state index in [0.717, 1.165) is 22.6 Å². The maximum atomic E-state index is 13.2. The molecule has 0 aliphatic carbocycles. The van der Waals surface area contributed by atoms with Crippen LogP contribution in [0.5, 0.6) is 0 Å². The van der Waals surface area contributed by atoms with Crippen LogP contribution in [0.15, 0.2) is 59.5 Å². The minimum absolute atomic E-state index is 0.0622. The number of aryl methyl sites for hydroxylation is 1. The smallest absolute Gasteiger partial charge is 0.294 e. The van der Waals surface area contributed by atoms with Gasteiger partial charge in [0.2, 0.25) is 0 Å². The molecule has 1 aromatic heterocycles. The molecule has 2 aliphatic heterocycles. The topological polar surface area (TPSA) is 80.9 Å². The summed E-state index contributed by atoms with van der Waals surface area (Å²) in [5.74, 6) is -0.161. The van der Waals surface area contributed by atoms with Crippen LogP contribution in [-0.4, -0.2) is 46.0 Å². The number of nitro groups is 1. The van der Waals surface area contributed by atoms with E-state index in [1.807, 2.05) is 77.9 Å². The van der Waals surface area contributed by atoms with Gasteiger partial charge in [-0.25, -0.2) is 0 Å². The van der Waals surface area contributed by atoms with Crippen molar-refractivity contribution in [2.75, 3.05) is 36.1 Å². The number of aromatic nitrogens is 1. The van der Waals surface area contributed by atoms with Gasteiger partial charge in [0.25, 0.3) is 11.6 Å². The van der Waals surface area contributed by atoms with Crippen molar-refractivity contribution in [2.45, 2.75) is 13.8 Å². The second-order valence-electron chi connectivity index (χ2n) is 8.54. The van der Waals surface area contributed by atoms with E-state index in [4.69, 9.17) is 17.0 Å². The number of morpholine rings is 1. The van der Waals surface area contributed by atoms with Crippen LogP contribution in [0.4, 0.5) is 17.1 Å². The lowest BCUT2D eigenvalue weighted by Crippen LogP contribution is -2.36. The fourth-order valence-corrected chi connectivity index (χ4v) is 5.90. The predicted molar refractivity (Wildman–Crippen MR) is 147 cm³/mol. The summed E-state index contributed by atoms with van der Waals surface area (Å²) in [6.07, 6.45) is 1.84. The van der Waals surface area contributed by atoms with Crippen LogP contribution in [0, 0.1) is 24.0 Å². The molecule has 5 rings (SSSR count). The van der Waals surface area contributed by atoms with E-state index in [2.05, 4.69) is 0 Å². The van der Waals surface area contributed by atoms with Crippen molar-refractivity contribution in [1.29, 1.82) is 0 Å². The second-order valence-corrected chi connectivity index (χ2v) is 10.2. The summed E-state index contributed by atoms with van der Waals surface area (Å²) in [5.41, 5.74) is 4.75. The summed E-state index contributed by atoms with van der Waals surface area (Å²) in [6, 6.07) is 16.6. The summed E-state index contributed by atoms with van der Waals surface area (Å²) in [4.78, 5) is 28.8. The Hall–Kier alpha value is -3.47. The number of ether oxygens (including phenoxy) is 1. The van der Waals surface area contributed by atoms with Crippen molar-refractivity contribution < 1.29 is 14.5 Å². The lowest BCUT2D eigenvalue weighted by atomic mass is 10.2. The molecule has 1 amide bonds. The monoisotopic (exact) mass is 520 g/mol. The fourth-order valence-electron chi connectivity index (χ4n) is 4.61. The van der Waals surface area contributed by atoms with E-state index >= 15 is 0 Å². The fraction of sp³-hybridized carbons (Fsp3) is 0.231. The Morgan fingerprint density at radius 2 is 1.78 bits per heavy atom. The van der Waals surface area contributed by atoms with E-state index in [9.17, 15) is 14.9 Å². The van der Waals surface area contributed by atoms with Crippen LogP contribution < -0.4 is 9.80 Å². The number of carbonyl (C=O) groups is 1. The van der Waals surface area contributed by atoms with Gasteiger partial charge >= 0.3 is 0 Å². The Bertz CT molecular complexity index is 1390. The minimum Gasteiger partial charge on any atom is -0.378 e. The highest BCUT2D eigenvalue weighted by Gasteiger charge is 2.33. The SMILES string of the molecule is Cc1cc(/C=C2\SC(=S)N(c3ccccc3)C2=O)c(C)n1-c1ccc(N2CCOCC2)c([N+](=O)[O-])c1. The van der Waals surface area contributed by atoms with Crippen molar-refractivity contribution in [3.05, 3.63) is 86.6 Å². The van der Waals surface area contributed by atoms with Crippen LogP contribution in [0.1, 0.15) is 17.0 Å². The Morgan fingerprint density at radius 3 is 2.47 bits per heavy atom. The van der Waals surface area contributed by atoms with Crippen molar-refractivity contribution >= 4 is 57.3 Å².